The molecule has 0 bridgehead atoms. The molecule has 1 aromatic heterocycles. The highest BCUT2D eigenvalue weighted by Crippen LogP contribution is 2.32. The number of morpholine rings is 2. The molecule has 12 nitrogen and oxygen atoms in total. The molecule has 2 saturated heterocycles. The number of sulfone groups is 1. The summed E-state index contributed by atoms with van der Waals surface area (Å²) in [5.41, 5.74) is 2.17. The lowest BCUT2D eigenvalue weighted by molar-refractivity contribution is 0.0730. The minimum atomic E-state index is -3.76. The molecule has 2 fully saturated rings. The molecule has 3 aromatic rings. The summed E-state index contributed by atoms with van der Waals surface area (Å²) in [6, 6.07) is 9.67. The van der Waals surface area contributed by atoms with Gasteiger partial charge in [0.25, 0.3) is 5.91 Å². The van der Waals surface area contributed by atoms with E-state index in [2.05, 4.69) is 15.3 Å². The average Bonchev–Trinajstić information content (AvgIpc) is 3.34. The van der Waals surface area contributed by atoms with Gasteiger partial charge in [0.15, 0.2) is 0 Å². The van der Waals surface area contributed by atoms with Gasteiger partial charge >= 0.3 is 0 Å². The summed E-state index contributed by atoms with van der Waals surface area (Å²) >= 11 is 0. The number of amides is 1. The number of aryl methyl sites for hydroxylation is 1. The van der Waals surface area contributed by atoms with Crippen LogP contribution in [0.4, 0.5) is 11.4 Å². The molecule has 39 heavy (non-hydrogen) atoms. The zero-order chi connectivity index (χ0) is 27.6. The zero-order valence-electron chi connectivity index (χ0n) is 21.6. The Balaban J connectivity index is 1.44. The van der Waals surface area contributed by atoms with Crippen molar-refractivity contribution in [1.82, 2.24) is 14.1 Å². The number of anilines is 2. The van der Waals surface area contributed by atoms with E-state index in [1.165, 1.54) is 22.7 Å². The van der Waals surface area contributed by atoms with Gasteiger partial charge in [0.1, 0.15) is 9.84 Å². The van der Waals surface area contributed by atoms with E-state index in [4.69, 9.17) is 9.47 Å². The molecule has 0 radical (unpaired) electrons. The molecule has 3 heterocycles. The van der Waals surface area contributed by atoms with Crippen molar-refractivity contribution < 1.29 is 31.1 Å². The molecule has 0 saturated carbocycles. The number of benzene rings is 2. The van der Waals surface area contributed by atoms with E-state index in [1.54, 1.807) is 29.1 Å². The third-order valence-electron chi connectivity index (χ3n) is 6.66. The van der Waals surface area contributed by atoms with Gasteiger partial charge in [0, 0.05) is 49.6 Å². The summed E-state index contributed by atoms with van der Waals surface area (Å²) in [6.07, 6.45) is 2.93. The maximum absolute atomic E-state index is 13.4. The normalized spacial score (nSPS) is 17.4. The maximum atomic E-state index is 13.4. The van der Waals surface area contributed by atoms with Gasteiger partial charge < -0.3 is 19.7 Å². The topological polar surface area (TPSA) is 140 Å². The van der Waals surface area contributed by atoms with Crippen LogP contribution >= 0.6 is 0 Å². The molecule has 0 unspecified atom stereocenters. The first-order chi connectivity index (χ1) is 18.6. The summed E-state index contributed by atoms with van der Waals surface area (Å²) in [4.78, 5) is 15.5. The minimum Gasteiger partial charge on any atom is -0.379 e. The second-order valence-electron chi connectivity index (χ2n) is 9.55. The fourth-order valence-corrected chi connectivity index (χ4v) is 6.55. The molecular formula is C25H31N5O7S2. The Morgan fingerprint density at radius 1 is 0.974 bits per heavy atom. The van der Waals surface area contributed by atoms with Crippen LogP contribution in [0.25, 0.3) is 10.9 Å². The van der Waals surface area contributed by atoms with Crippen molar-refractivity contribution in [2.75, 3.05) is 74.8 Å². The van der Waals surface area contributed by atoms with Crippen molar-refractivity contribution in [3.8, 4) is 0 Å². The highest BCUT2D eigenvalue weighted by Gasteiger charge is 2.27. The smallest absolute Gasteiger partial charge is 0.255 e. The summed E-state index contributed by atoms with van der Waals surface area (Å²) in [5.74, 6) is -0.489. The van der Waals surface area contributed by atoms with Crippen LogP contribution in [0.3, 0.4) is 0 Å². The van der Waals surface area contributed by atoms with Crippen LogP contribution in [-0.2, 0) is 35.9 Å². The van der Waals surface area contributed by atoms with E-state index in [0.717, 1.165) is 11.1 Å². The van der Waals surface area contributed by atoms with Crippen LogP contribution in [0.15, 0.2) is 47.5 Å². The number of sulfonamides is 1. The molecule has 0 atom stereocenters. The quantitative estimate of drug-likeness (QED) is 0.418. The predicted molar refractivity (Wildman–Crippen MR) is 146 cm³/mol. The number of carbonyl (C=O) groups is 1. The van der Waals surface area contributed by atoms with Crippen LogP contribution in [-0.4, -0.2) is 101 Å². The first kappa shape index (κ1) is 27.5. The number of ether oxygens (including phenoxy) is 2. The van der Waals surface area contributed by atoms with Crippen LogP contribution in [0, 0.1) is 0 Å². The Hall–Kier alpha value is -3.04. The number of fused-ring (bicyclic) bond motifs is 1. The van der Waals surface area contributed by atoms with Gasteiger partial charge in [-0.1, -0.05) is 6.07 Å². The molecule has 5 rings (SSSR count). The van der Waals surface area contributed by atoms with E-state index in [9.17, 15) is 21.6 Å². The van der Waals surface area contributed by atoms with Gasteiger partial charge in [-0.3, -0.25) is 9.48 Å². The van der Waals surface area contributed by atoms with E-state index in [0.29, 0.717) is 50.7 Å². The van der Waals surface area contributed by atoms with Crippen molar-refractivity contribution in [2.45, 2.75) is 11.4 Å². The second kappa shape index (κ2) is 11.2. The van der Waals surface area contributed by atoms with Crippen LogP contribution < -0.4 is 10.2 Å². The fourth-order valence-electron chi connectivity index (χ4n) is 4.58. The Morgan fingerprint density at radius 2 is 1.67 bits per heavy atom. The van der Waals surface area contributed by atoms with Gasteiger partial charge in [-0.25, -0.2) is 16.8 Å². The van der Waals surface area contributed by atoms with E-state index in [-0.39, 0.29) is 35.8 Å². The number of aromatic nitrogens is 2. The maximum Gasteiger partial charge on any atom is 0.255 e. The molecular weight excluding hydrogens is 546 g/mol. The predicted octanol–water partition coefficient (Wildman–Crippen LogP) is 1.19. The highest BCUT2D eigenvalue weighted by molar-refractivity contribution is 7.90. The van der Waals surface area contributed by atoms with Gasteiger partial charge in [-0.05, 0) is 30.3 Å². The van der Waals surface area contributed by atoms with Crippen LogP contribution in [0.5, 0.6) is 0 Å². The van der Waals surface area contributed by atoms with Crippen molar-refractivity contribution >= 4 is 48.0 Å². The first-order valence-electron chi connectivity index (χ1n) is 12.6. The van der Waals surface area contributed by atoms with Crippen molar-refractivity contribution in [1.29, 1.82) is 0 Å². The van der Waals surface area contributed by atoms with E-state index >= 15 is 0 Å². The number of hydrogen-bond acceptors (Lipinski definition) is 9. The Labute approximate surface area is 227 Å². The monoisotopic (exact) mass is 577 g/mol. The zero-order valence-corrected chi connectivity index (χ0v) is 23.2. The van der Waals surface area contributed by atoms with E-state index < -0.39 is 25.8 Å². The SMILES string of the molecule is CS(=O)(=O)CCn1cc2cc(NC(=O)c3cccc(S(=O)(=O)N4CCOCC4)c3)c(N3CCOCC3)cc2n1. The fraction of sp³-hybridized carbons (Fsp3) is 0.440. The molecule has 0 aliphatic carbocycles. The summed E-state index contributed by atoms with van der Waals surface area (Å²) in [7, 11) is -6.91. The molecule has 2 aliphatic heterocycles. The van der Waals surface area contributed by atoms with Gasteiger partial charge in [0.05, 0.1) is 60.5 Å². The van der Waals surface area contributed by atoms with E-state index in [1.807, 2.05) is 6.07 Å². The number of carbonyl (C=O) groups excluding carboxylic acids is 1. The van der Waals surface area contributed by atoms with Crippen molar-refractivity contribution in [3.63, 3.8) is 0 Å². The van der Waals surface area contributed by atoms with Crippen LogP contribution in [0.2, 0.25) is 0 Å². The first-order valence-corrected chi connectivity index (χ1v) is 16.1. The summed E-state index contributed by atoms with van der Waals surface area (Å²) in [6.45, 7) is 3.72. The Morgan fingerprint density at radius 3 is 2.36 bits per heavy atom. The molecule has 1 N–H and O–H groups in total. The third kappa shape index (κ3) is 6.41. The molecule has 14 heteroatoms. The summed E-state index contributed by atoms with van der Waals surface area (Å²) in [5, 5.41) is 8.23. The highest BCUT2D eigenvalue weighted by atomic mass is 32.2. The number of nitrogens with zero attached hydrogens (tertiary/aromatic N) is 4. The molecule has 2 aliphatic rings. The summed E-state index contributed by atoms with van der Waals surface area (Å²) < 4.78 is 63.2. The largest absolute Gasteiger partial charge is 0.379 e. The third-order valence-corrected chi connectivity index (χ3v) is 9.48. The molecule has 1 amide bonds. The number of nitrogens with one attached hydrogen (secondary N) is 1. The Kier molecular flexibility index (Phi) is 7.91. The lowest BCUT2D eigenvalue weighted by Gasteiger charge is -2.30. The number of hydrogen-bond donors (Lipinski definition) is 1. The van der Waals surface area contributed by atoms with Crippen molar-refractivity contribution in [3.05, 3.63) is 48.2 Å². The van der Waals surface area contributed by atoms with Gasteiger partial charge in [-0.15, -0.1) is 0 Å². The molecule has 2 aromatic carbocycles. The van der Waals surface area contributed by atoms with Crippen molar-refractivity contribution in [2.24, 2.45) is 0 Å². The second-order valence-corrected chi connectivity index (χ2v) is 13.7. The lowest BCUT2D eigenvalue weighted by atomic mass is 10.1. The molecule has 210 valence electrons. The standard InChI is InChI=1S/C25H31N5O7S2/c1-38(32,33)14-9-29-18-20-16-23(24(17-22(20)27-29)28-5-10-36-11-6-28)26-25(31)19-3-2-4-21(15-19)39(34,35)30-7-12-37-13-8-30/h2-4,15-18H,5-14H2,1H3,(H,26,31). The lowest BCUT2D eigenvalue weighted by Crippen LogP contribution is -2.40. The minimum absolute atomic E-state index is 0.0371. The number of rotatable bonds is 8. The van der Waals surface area contributed by atoms with Gasteiger partial charge in [0.2, 0.25) is 10.0 Å². The molecule has 0 spiro atoms. The van der Waals surface area contributed by atoms with Crippen LogP contribution in [0.1, 0.15) is 10.4 Å². The average molecular weight is 578 g/mol. The Bertz CT molecular complexity index is 1580. The van der Waals surface area contributed by atoms with Gasteiger partial charge in [-0.2, -0.15) is 9.40 Å².